The molecule has 2 aliphatic rings. The molecule has 72 valence electrons. The molecular formula is C9H14N2O2. The minimum Gasteiger partial charge on any atom is -0.369 e. The molecule has 2 rings (SSSR count). The summed E-state index contributed by atoms with van der Waals surface area (Å²) in [7, 11) is 0. The van der Waals surface area contributed by atoms with E-state index in [0.29, 0.717) is 12.6 Å². The minimum absolute atomic E-state index is 0.103. The van der Waals surface area contributed by atoms with Crippen LogP contribution in [-0.4, -0.2) is 29.3 Å². The number of hydrogen-bond acceptors (Lipinski definition) is 2. The Labute approximate surface area is 77.1 Å². The minimum atomic E-state index is -0.344. The zero-order valence-electron chi connectivity index (χ0n) is 7.69. The summed E-state index contributed by atoms with van der Waals surface area (Å²) in [6.45, 7) is 2.33. The zero-order chi connectivity index (χ0) is 9.59. The fourth-order valence-corrected chi connectivity index (χ4v) is 1.95. The van der Waals surface area contributed by atoms with Gasteiger partial charge in [-0.2, -0.15) is 0 Å². The van der Waals surface area contributed by atoms with E-state index in [-0.39, 0.29) is 23.7 Å². The fraction of sp³-hybridized carbons (Fsp3) is 0.778. The predicted molar refractivity (Wildman–Crippen MR) is 46.6 cm³/mol. The fourth-order valence-electron chi connectivity index (χ4n) is 1.95. The highest BCUT2D eigenvalue weighted by Crippen LogP contribution is 2.34. The first-order valence-corrected chi connectivity index (χ1v) is 4.71. The summed E-state index contributed by atoms with van der Waals surface area (Å²) >= 11 is 0. The molecule has 0 aromatic rings. The monoisotopic (exact) mass is 182 g/mol. The molecule has 2 unspecified atom stereocenters. The molecule has 0 radical (unpaired) electrons. The van der Waals surface area contributed by atoms with Crippen molar-refractivity contribution < 1.29 is 9.59 Å². The number of carbonyl (C=O) groups is 2. The number of likely N-dealkylation sites (tertiary alicyclic amines) is 1. The highest BCUT2D eigenvalue weighted by Gasteiger charge is 2.45. The second-order valence-corrected chi connectivity index (χ2v) is 4.02. The summed E-state index contributed by atoms with van der Waals surface area (Å²) in [5.74, 6) is -0.721. The van der Waals surface area contributed by atoms with E-state index in [1.165, 1.54) is 0 Å². The molecule has 2 N–H and O–H groups in total. The van der Waals surface area contributed by atoms with Gasteiger partial charge in [-0.1, -0.05) is 6.92 Å². The van der Waals surface area contributed by atoms with Gasteiger partial charge in [0.05, 0.1) is 5.92 Å². The lowest BCUT2D eigenvalue weighted by molar-refractivity contribution is -0.132. The summed E-state index contributed by atoms with van der Waals surface area (Å²) in [6.07, 6.45) is 2.17. The molecule has 1 saturated carbocycles. The number of nitrogens with two attached hydrogens (primary N) is 1. The van der Waals surface area contributed by atoms with Crippen LogP contribution in [0.2, 0.25) is 0 Å². The van der Waals surface area contributed by atoms with Crippen molar-refractivity contribution in [3.63, 3.8) is 0 Å². The van der Waals surface area contributed by atoms with Crippen LogP contribution in [0, 0.1) is 11.8 Å². The molecule has 4 heteroatoms. The Morgan fingerprint density at radius 2 is 2.15 bits per heavy atom. The first-order valence-electron chi connectivity index (χ1n) is 4.71. The van der Waals surface area contributed by atoms with Crippen LogP contribution < -0.4 is 5.73 Å². The Kier molecular flexibility index (Phi) is 1.78. The smallest absolute Gasteiger partial charge is 0.226 e. The largest absolute Gasteiger partial charge is 0.369 e. The van der Waals surface area contributed by atoms with E-state index in [1.807, 2.05) is 4.90 Å². The van der Waals surface area contributed by atoms with E-state index in [9.17, 15) is 9.59 Å². The van der Waals surface area contributed by atoms with Crippen LogP contribution in [0.5, 0.6) is 0 Å². The Balaban J connectivity index is 2.11. The maximum absolute atomic E-state index is 11.6. The van der Waals surface area contributed by atoms with Crippen molar-refractivity contribution >= 4 is 11.8 Å². The highest BCUT2D eigenvalue weighted by molar-refractivity contribution is 5.90. The second-order valence-electron chi connectivity index (χ2n) is 4.02. The van der Waals surface area contributed by atoms with Gasteiger partial charge in [-0.15, -0.1) is 0 Å². The van der Waals surface area contributed by atoms with Gasteiger partial charge < -0.3 is 10.6 Å². The summed E-state index contributed by atoms with van der Waals surface area (Å²) in [5, 5.41) is 0. The third-order valence-electron chi connectivity index (χ3n) is 3.02. The van der Waals surface area contributed by atoms with Gasteiger partial charge in [0, 0.05) is 18.5 Å². The first-order chi connectivity index (χ1) is 6.11. The number of amides is 2. The molecule has 1 heterocycles. The van der Waals surface area contributed by atoms with E-state index in [2.05, 4.69) is 0 Å². The molecule has 4 nitrogen and oxygen atoms in total. The van der Waals surface area contributed by atoms with Crippen LogP contribution in [0.1, 0.15) is 19.8 Å². The zero-order valence-corrected chi connectivity index (χ0v) is 7.69. The second kappa shape index (κ2) is 2.72. The van der Waals surface area contributed by atoms with Crippen LogP contribution in [0.3, 0.4) is 0 Å². The predicted octanol–water partition coefficient (Wildman–Crippen LogP) is -0.271. The van der Waals surface area contributed by atoms with Gasteiger partial charge in [0.1, 0.15) is 0 Å². The van der Waals surface area contributed by atoms with Gasteiger partial charge in [0.2, 0.25) is 11.8 Å². The average molecular weight is 182 g/mol. The lowest BCUT2D eigenvalue weighted by atomic mass is 9.97. The average Bonchev–Trinajstić information content (AvgIpc) is 2.83. The quantitative estimate of drug-likeness (QED) is 0.639. The third kappa shape index (κ3) is 1.30. The molecule has 0 aromatic carbocycles. The van der Waals surface area contributed by atoms with E-state index in [1.54, 1.807) is 6.92 Å². The lowest BCUT2D eigenvalue weighted by Crippen LogP contribution is -2.30. The van der Waals surface area contributed by atoms with E-state index in [4.69, 9.17) is 5.73 Å². The van der Waals surface area contributed by atoms with Crippen molar-refractivity contribution in [1.82, 2.24) is 4.90 Å². The Hall–Kier alpha value is -1.06. The molecule has 1 saturated heterocycles. The van der Waals surface area contributed by atoms with Gasteiger partial charge in [0.25, 0.3) is 0 Å². The maximum atomic E-state index is 11.6. The SMILES string of the molecule is CC1C(=O)N(C2CC2)CC1C(N)=O. The number of primary amides is 1. The molecule has 1 aliphatic heterocycles. The molecule has 13 heavy (non-hydrogen) atoms. The number of rotatable bonds is 2. The van der Waals surface area contributed by atoms with Crippen molar-refractivity contribution in [2.45, 2.75) is 25.8 Å². The van der Waals surface area contributed by atoms with Crippen molar-refractivity contribution in [2.24, 2.45) is 17.6 Å². The van der Waals surface area contributed by atoms with Crippen LogP contribution in [-0.2, 0) is 9.59 Å². The molecule has 0 bridgehead atoms. The Bertz CT molecular complexity index is 260. The molecule has 2 atom stereocenters. The Morgan fingerprint density at radius 3 is 2.54 bits per heavy atom. The van der Waals surface area contributed by atoms with Crippen LogP contribution in [0.4, 0.5) is 0 Å². The van der Waals surface area contributed by atoms with Gasteiger partial charge >= 0.3 is 0 Å². The number of nitrogens with zero attached hydrogens (tertiary/aromatic N) is 1. The molecule has 2 amide bonds. The molecule has 1 aliphatic carbocycles. The van der Waals surface area contributed by atoms with E-state index < -0.39 is 0 Å². The lowest BCUT2D eigenvalue weighted by Gasteiger charge is -2.14. The third-order valence-corrected chi connectivity index (χ3v) is 3.02. The summed E-state index contributed by atoms with van der Waals surface area (Å²) in [5.41, 5.74) is 5.22. The molecular weight excluding hydrogens is 168 g/mol. The molecule has 0 spiro atoms. The Morgan fingerprint density at radius 1 is 1.54 bits per heavy atom. The van der Waals surface area contributed by atoms with Crippen LogP contribution in [0.15, 0.2) is 0 Å². The van der Waals surface area contributed by atoms with Crippen molar-refractivity contribution in [3.05, 3.63) is 0 Å². The topological polar surface area (TPSA) is 63.4 Å². The normalized spacial score (nSPS) is 33.9. The van der Waals surface area contributed by atoms with Gasteiger partial charge in [0.15, 0.2) is 0 Å². The van der Waals surface area contributed by atoms with Gasteiger partial charge in [-0.25, -0.2) is 0 Å². The van der Waals surface area contributed by atoms with Crippen molar-refractivity contribution in [1.29, 1.82) is 0 Å². The van der Waals surface area contributed by atoms with Gasteiger partial charge in [-0.05, 0) is 12.8 Å². The summed E-state index contributed by atoms with van der Waals surface area (Å²) < 4.78 is 0. The summed E-state index contributed by atoms with van der Waals surface area (Å²) in [6, 6.07) is 0.402. The summed E-state index contributed by atoms with van der Waals surface area (Å²) in [4.78, 5) is 24.4. The molecule has 0 aromatic heterocycles. The van der Waals surface area contributed by atoms with E-state index >= 15 is 0 Å². The first kappa shape index (κ1) is 8.53. The van der Waals surface area contributed by atoms with Crippen molar-refractivity contribution in [2.75, 3.05) is 6.54 Å². The van der Waals surface area contributed by atoms with Gasteiger partial charge in [-0.3, -0.25) is 9.59 Å². The standard InChI is InChI=1S/C9H14N2O2/c1-5-7(8(10)12)4-11(9(5)13)6-2-3-6/h5-7H,2-4H2,1H3,(H2,10,12). The van der Waals surface area contributed by atoms with E-state index in [0.717, 1.165) is 12.8 Å². The maximum Gasteiger partial charge on any atom is 0.226 e. The highest BCUT2D eigenvalue weighted by atomic mass is 16.2. The number of carbonyl (C=O) groups excluding carboxylic acids is 2. The van der Waals surface area contributed by atoms with Crippen LogP contribution in [0.25, 0.3) is 0 Å². The number of hydrogen-bond donors (Lipinski definition) is 1. The van der Waals surface area contributed by atoms with Crippen LogP contribution >= 0.6 is 0 Å². The van der Waals surface area contributed by atoms with Crippen molar-refractivity contribution in [3.8, 4) is 0 Å². The molecule has 2 fully saturated rings.